The summed E-state index contributed by atoms with van der Waals surface area (Å²) in [5.41, 5.74) is 4.41. The fraction of sp³-hybridized carbons (Fsp3) is 0.185. The van der Waals surface area contributed by atoms with E-state index in [1.807, 2.05) is 0 Å². The predicted octanol–water partition coefficient (Wildman–Crippen LogP) is 5.00. The first-order valence-corrected chi connectivity index (χ1v) is 14.0. The van der Waals surface area contributed by atoms with Gasteiger partial charge in [0.1, 0.15) is 6.07 Å². The number of benzene rings is 3. The molecule has 3 aromatic rings. The molecule has 0 amide bonds. The Labute approximate surface area is 206 Å². The Morgan fingerprint density at radius 3 is 1.63 bits per heavy atom. The first-order chi connectivity index (χ1) is 16.8. The molecule has 8 heteroatoms. The zero-order valence-corrected chi connectivity index (χ0v) is 20.7. The lowest BCUT2D eigenvalue weighted by Gasteiger charge is -2.29. The van der Waals surface area contributed by atoms with Gasteiger partial charge in [0.15, 0.2) is 0 Å². The third-order valence-electron chi connectivity index (χ3n) is 5.75. The molecule has 0 spiro atoms. The van der Waals surface area contributed by atoms with Crippen molar-refractivity contribution in [3.8, 4) is 6.07 Å². The van der Waals surface area contributed by atoms with E-state index in [4.69, 9.17) is 0 Å². The smallest absolute Gasteiger partial charge is 0.206 e. The number of nitrogens with zero attached hydrogens (tertiary/aromatic N) is 2. The molecular weight excluding hydrogens is 480 g/mol. The Balaban J connectivity index is 1.99. The summed E-state index contributed by atoms with van der Waals surface area (Å²) >= 11 is 0. The van der Waals surface area contributed by atoms with Crippen molar-refractivity contribution in [2.24, 2.45) is 5.92 Å². The first kappa shape index (κ1) is 24.6. The van der Waals surface area contributed by atoms with Crippen LogP contribution in [0.4, 0.5) is 0 Å². The van der Waals surface area contributed by atoms with E-state index >= 15 is 0 Å². The van der Waals surface area contributed by atoms with Gasteiger partial charge in [0.05, 0.1) is 21.4 Å². The molecule has 6 nitrogen and oxygen atoms in total. The lowest BCUT2D eigenvalue weighted by atomic mass is 9.99. The average Bonchev–Trinajstić information content (AvgIpc) is 3.71. The van der Waals surface area contributed by atoms with Crippen molar-refractivity contribution in [3.63, 3.8) is 0 Å². The van der Waals surface area contributed by atoms with Crippen molar-refractivity contribution < 1.29 is 16.8 Å². The Hall–Kier alpha value is -3.47. The summed E-state index contributed by atoms with van der Waals surface area (Å²) in [5.74, 6) is 0.0517. The minimum Gasteiger partial charge on any atom is -0.206 e. The normalized spacial score (nSPS) is 14.5. The molecule has 35 heavy (non-hydrogen) atoms. The lowest BCUT2D eigenvalue weighted by Crippen LogP contribution is -2.43. The van der Waals surface area contributed by atoms with Gasteiger partial charge < -0.3 is 0 Å². The number of hydrogen-bond donors (Lipinski definition) is 0. The van der Waals surface area contributed by atoms with E-state index in [1.54, 1.807) is 66.7 Å². The third kappa shape index (κ3) is 5.14. The molecule has 4 rings (SSSR count). The summed E-state index contributed by atoms with van der Waals surface area (Å²) in [6.45, 7) is 1.51. The van der Waals surface area contributed by atoms with Crippen LogP contribution in [-0.4, -0.2) is 26.6 Å². The topological polar surface area (TPSA) is 95.3 Å². The Kier molecular flexibility index (Phi) is 7.06. The largest absolute Gasteiger partial charge is 0.256 e. The minimum absolute atomic E-state index is 0.0517. The zero-order chi connectivity index (χ0) is 25.1. The van der Waals surface area contributed by atoms with E-state index in [-0.39, 0.29) is 15.7 Å². The van der Waals surface area contributed by atoms with E-state index in [9.17, 15) is 22.1 Å². The molecule has 1 saturated carbocycles. The summed E-state index contributed by atoms with van der Waals surface area (Å²) in [7, 11) is -9.03. The van der Waals surface area contributed by atoms with Crippen LogP contribution < -0.4 is 0 Å². The van der Waals surface area contributed by atoms with Gasteiger partial charge >= 0.3 is 0 Å². The van der Waals surface area contributed by atoms with Gasteiger partial charge in [-0.25, -0.2) is 16.8 Å². The fourth-order valence-corrected chi connectivity index (χ4v) is 7.83. The summed E-state index contributed by atoms with van der Waals surface area (Å²) in [6.07, 6.45) is 1.70. The second kappa shape index (κ2) is 10.0. The average molecular weight is 505 g/mol. The maximum Gasteiger partial charge on any atom is 0.256 e. The second-order valence-electron chi connectivity index (χ2n) is 8.24. The van der Waals surface area contributed by atoms with Crippen LogP contribution in [0.3, 0.4) is 0 Å². The number of nitriles is 1. The molecule has 0 aliphatic heterocycles. The van der Waals surface area contributed by atoms with E-state index in [0.717, 1.165) is 12.8 Å². The van der Waals surface area contributed by atoms with E-state index < -0.39 is 26.1 Å². The highest BCUT2D eigenvalue weighted by molar-refractivity contribution is 8.04. The van der Waals surface area contributed by atoms with Crippen molar-refractivity contribution >= 4 is 25.6 Å². The second-order valence-corrected chi connectivity index (χ2v) is 12.1. The minimum atomic E-state index is -4.51. The van der Waals surface area contributed by atoms with Crippen molar-refractivity contribution in [3.05, 3.63) is 108 Å². The Bertz CT molecular complexity index is 1450. The molecule has 0 heterocycles. The van der Waals surface area contributed by atoms with Crippen molar-refractivity contribution in [2.45, 2.75) is 35.6 Å². The SMILES string of the molecule is C[C@H](C(=C=C(C#N)C1CC1)c1ccccc1)N(S(=O)(=O)c1ccccc1)S(=O)(=O)c1ccccc1. The number of rotatable bonds is 8. The predicted molar refractivity (Wildman–Crippen MR) is 134 cm³/mol. The van der Waals surface area contributed by atoms with Crippen molar-refractivity contribution in [1.29, 1.82) is 5.26 Å². The van der Waals surface area contributed by atoms with Crippen molar-refractivity contribution in [2.75, 3.05) is 0 Å². The van der Waals surface area contributed by atoms with Crippen LogP contribution >= 0.6 is 0 Å². The molecule has 0 unspecified atom stereocenters. The zero-order valence-electron chi connectivity index (χ0n) is 19.1. The van der Waals surface area contributed by atoms with Crippen LogP contribution in [0.25, 0.3) is 5.57 Å². The monoisotopic (exact) mass is 504 g/mol. The van der Waals surface area contributed by atoms with E-state index in [2.05, 4.69) is 11.8 Å². The molecule has 1 atom stereocenters. The lowest BCUT2D eigenvalue weighted by molar-refractivity contribution is 0.480. The van der Waals surface area contributed by atoms with Crippen LogP contribution in [0.15, 0.2) is 112 Å². The molecule has 0 bridgehead atoms. The highest BCUT2D eigenvalue weighted by Crippen LogP contribution is 2.37. The maximum atomic E-state index is 13.9. The fourth-order valence-electron chi connectivity index (χ4n) is 3.82. The molecule has 178 valence electrons. The van der Waals surface area contributed by atoms with E-state index in [0.29, 0.717) is 20.4 Å². The van der Waals surface area contributed by atoms with Crippen LogP contribution in [0.1, 0.15) is 25.3 Å². The highest BCUT2D eigenvalue weighted by Gasteiger charge is 2.42. The molecule has 1 aliphatic carbocycles. The van der Waals surface area contributed by atoms with Gasteiger partial charge in [-0.15, -0.1) is 0 Å². The van der Waals surface area contributed by atoms with Crippen LogP contribution in [0, 0.1) is 17.2 Å². The molecule has 3 aromatic carbocycles. The number of hydrogen-bond acceptors (Lipinski definition) is 5. The third-order valence-corrected chi connectivity index (χ3v) is 10.2. The van der Waals surface area contributed by atoms with Crippen LogP contribution in [-0.2, 0) is 20.0 Å². The molecule has 0 radical (unpaired) electrons. The van der Waals surface area contributed by atoms with E-state index in [1.165, 1.54) is 31.2 Å². The van der Waals surface area contributed by atoms with Gasteiger partial charge in [0.2, 0.25) is 0 Å². The standard InChI is InChI=1S/C27H24N2O4S2/c1-21(27(23-11-5-2-6-12-23)19-24(20-28)22-17-18-22)29(34(30,31)25-13-7-3-8-14-25)35(32,33)26-15-9-4-10-16-26/h2-16,21-22H,17-18H2,1H3/t19?,21-/m1/s1. The summed E-state index contributed by atoms with van der Waals surface area (Å²) in [4.78, 5) is -0.295. The van der Waals surface area contributed by atoms with Gasteiger partial charge in [-0.2, -0.15) is 5.26 Å². The quantitative estimate of drug-likeness (QED) is 0.318. The molecule has 1 aliphatic rings. The van der Waals surface area contributed by atoms with Gasteiger partial charge in [-0.05, 0) is 49.6 Å². The van der Waals surface area contributed by atoms with Gasteiger partial charge in [0, 0.05) is 11.5 Å². The number of sulfonamides is 2. The summed E-state index contributed by atoms with van der Waals surface area (Å²) in [5, 5.41) is 9.72. The van der Waals surface area contributed by atoms with Crippen molar-refractivity contribution in [1.82, 2.24) is 3.71 Å². The molecule has 0 saturated heterocycles. The maximum absolute atomic E-state index is 13.9. The first-order valence-electron chi connectivity index (χ1n) is 11.1. The van der Waals surface area contributed by atoms with Gasteiger partial charge in [0.25, 0.3) is 20.0 Å². The van der Waals surface area contributed by atoms with Gasteiger partial charge in [-0.3, -0.25) is 0 Å². The molecule has 0 aromatic heterocycles. The molecule has 0 N–H and O–H groups in total. The summed E-state index contributed by atoms with van der Waals surface area (Å²) in [6, 6.07) is 24.8. The molecular formula is C27H24N2O4S2. The Morgan fingerprint density at radius 2 is 1.23 bits per heavy atom. The highest BCUT2D eigenvalue weighted by atomic mass is 32.3. The Morgan fingerprint density at radius 1 is 0.800 bits per heavy atom. The van der Waals surface area contributed by atoms with Crippen LogP contribution in [0.2, 0.25) is 0 Å². The summed E-state index contributed by atoms with van der Waals surface area (Å²) < 4.78 is 56.0. The van der Waals surface area contributed by atoms with Crippen LogP contribution in [0.5, 0.6) is 0 Å². The van der Waals surface area contributed by atoms with Gasteiger partial charge in [-0.1, -0.05) is 76.2 Å². The molecule has 1 fully saturated rings.